The Kier molecular flexibility index (Phi) is 4.64. The Morgan fingerprint density at radius 2 is 1.74 bits per heavy atom. The second-order valence-corrected chi connectivity index (χ2v) is 6.70. The Labute approximate surface area is 164 Å². The molecule has 1 aromatic heterocycles. The zero-order chi connectivity index (χ0) is 18.8. The van der Waals surface area contributed by atoms with E-state index in [0.29, 0.717) is 28.8 Å². The van der Waals surface area contributed by atoms with E-state index in [4.69, 9.17) is 9.47 Å². The number of hydrogen-bond acceptors (Lipinski definition) is 5. The topological polar surface area (TPSA) is 64.5 Å². The van der Waals surface area contributed by atoms with E-state index in [1.54, 1.807) is 18.2 Å². The first-order valence-electron chi connectivity index (χ1n) is 8.22. The van der Waals surface area contributed by atoms with Crippen LogP contribution in [0.3, 0.4) is 0 Å². The normalized spacial score (nSPS) is 10.7. The van der Waals surface area contributed by atoms with Gasteiger partial charge in [0, 0.05) is 4.47 Å². The number of methoxy groups -OCH3 is 1. The highest BCUT2D eigenvalue weighted by Crippen LogP contribution is 2.37. The van der Waals surface area contributed by atoms with Gasteiger partial charge in [0.1, 0.15) is 5.75 Å². The van der Waals surface area contributed by atoms with Gasteiger partial charge in [-0.2, -0.15) is 4.98 Å². The first-order valence-corrected chi connectivity index (χ1v) is 9.01. The molecule has 0 bridgehead atoms. The number of benzene rings is 3. The summed E-state index contributed by atoms with van der Waals surface area (Å²) in [5.41, 5.74) is 1.19. The summed E-state index contributed by atoms with van der Waals surface area (Å²) in [4.78, 5) is 9.15. The molecule has 4 rings (SSSR count). The molecule has 1 N–H and O–H groups in total. The lowest BCUT2D eigenvalue weighted by Crippen LogP contribution is -1.97. The highest BCUT2D eigenvalue weighted by Gasteiger charge is 2.16. The van der Waals surface area contributed by atoms with Crippen molar-refractivity contribution in [1.29, 1.82) is 0 Å². The molecule has 0 aliphatic carbocycles. The van der Waals surface area contributed by atoms with Gasteiger partial charge in [-0.05, 0) is 42.5 Å². The van der Waals surface area contributed by atoms with Crippen molar-refractivity contribution in [1.82, 2.24) is 9.97 Å². The van der Waals surface area contributed by atoms with Crippen molar-refractivity contribution in [3.8, 4) is 34.5 Å². The maximum atomic E-state index is 10.5. The van der Waals surface area contributed by atoms with Crippen LogP contribution in [0, 0.1) is 0 Å². The minimum absolute atomic E-state index is 0.0105. The highest BCUT2D eigenvalue weighted by atomic mass is 79.9. The summed E-state index contributed by atoms with van der Waals surface area (Å²) >= 11 is 3.44. The Morgan fingerprint density at radius 3 is 2.56 bits per heavy atom. The minimum Gasteiger partial charge on any atom is -0.504 e. The molecule has 5 nitrogen and oxygen atoms in total. The number of nitrogens with zero attached hydrogens (tertiary/aromatic N) is 2. The lowest BCUT2D eigenvalue weighted by atomic mass is 10.1. The Balaban J connectivity index is 1.89. The third kappa shape index (κ3) is 3.44. The summed E-state index contributed by atoms with van der Waals surface area (Å²) in [5.74, 6) is 1.77. The number of phenolic OH excluding ortho intramolecular Hbond substituents is 1. The molecule has 0 aliphatic heterocycles. The SMILES string of the molecule is COc1cccc(-c2nc(Oc3cccc(Br)c3)c3ccccc3n2)c1O. The third-order valence-electron chi connectivity index (χ3n) is 4.04. The van der Waals surface area contributed by atoms with Crippen LogP contribution in [-0.2, 0) is 0 Å². The Bertz CT molecular complexity index is 1130. The molecule has 0 radical (unpaired) electrons. The smallest absolute Gasteiger partial charge is 0.230 e. The molecule has 0 unspecified atom stereocenters. The molecule has 0 saturated carbocycles. The van der Waals surface area contributed by atoms with Gasteiger partial charge in [-0.3, -0.25) is 0 Å². The zero-order valence-corrected chi connectivity index (χ0v) is 16.0. The van der Waals surface area contributed by atoms with E-state index in [-0.39, 0.29) is 5.75 Å². The van der Waals surface area contributed by atoms with E-state index in [0.717, 1.165) is 15.4 Å². The molecule has 27 heavy (non-hydrogen) atoms. The molecule has 0 spiro atoms. The van der Waals surface area contributed by atoms with Crippen molar-refractivity contribution in [2.45, 2.75) is 0 Å². The van der Waals surface area contributed by atoms with Crippen LogP contribution in [0.5, 0.6) is 23.1 Å². The van der Waals surface area contributed by atoms with Crippen molar-refractivity contribution in [3.05, 3.63) is 71.2 Å². The number of rotatable bonds is 4. The molecule has 0 aliphatic rings. The van der Waals surface area contributed by atoms with Crippen molar-refractivity contribution < 1.29 is 14.6 Å². The molecule has 0 atom stereocenters. The summed E-state index contributed by atoms with van der Waals surface area (Å²) in [6, 6.07) is 20.3. The van der Waals surface area contributed by atoms with Gasteiger partial charge in [0.25, 0.3) is 0 Å². The first-order chi connectivity index (χ1) is 13.2. The fourth-order valence-corrected chi connectivity index (χ4v) is 3.13. The van der Waals surface area contributed by atoms with Gasteiger partial charge >= 0.3 is 0 Å². The van der Waals surface area contributed by atoms with Crippen LogP contribution in [0.25, 0.3) is 22.3 Å². The van der Waals surface area contributed by atoms with Gasteiger partial charge in [0.15, 0.2) is 17.3 Å². The summed E-state index contributed by atoms with van der Waals surface area (Å²) in [7, 11) is 1.50. The largest absolute Gasteiger partial charge is 0.504 e. The number of aromatic nitrogens is 2. The molecule has 0 saturated heterocycles. The van der Waals surface area contributed by atoms with Crippen LogP contribution in [0.4, 0.5) is 0 Å². The Hall–Kier alpha value is -3.12. The van der Waals surface area contributed by atoms with E-state index in [1.807, 2.05) is 48.5 Å². The predicted octanol–water partition coefficient (Wildman–Crippen LogP) is 5.57. The molecule has 0 fully saturated rings. The molecule has 4 aromatic rings. The fraction of sp³-hybridized carbons (Fsp3) is 0.0476. The number of aromatic hydroxyl groups is 1. The van der Waals surface area contributed by atoms with Crippen molar-refractivity contribution in [2.24, 2.45) is 0 Å². The number of phenols is 1. The van der Waals surface area contributed by atoms with Crippen LogP contribution < -0.4 is 9.47 Å². The number of ether oxygens (including phenoxy) is 2. The van der Waals surface area contributed by atoms with Crippen LogP contribution in [0.1, 0.15) is 0 Å². The van der Waals surface area contributed by atoms with Crippen molar-refractivity contribution in [3.63, 3.8) is 0 Å². The van der Waals surface area contributed by atoms with E-state index in [2.05, 4.69) is 25.9 Å². The fourth-order valence-electron chi connectivity index (χ4n) is 2.76. The highest BCUT2D eigenvalue weighted by molar-refractivity contribution is 9.10. The number of halogens is 1. The third-order valence-corrected chi connectivity index (χ3v) is 4.53. The van der Waals surface area contributed by atoms with Gasteiger partial charge in [-0.1, -0.05) is 40.2 Å². The average Bonchev–Trinajstić information content (AvgIpc) is 2.68. The van der Waals surface area contributed by atoms with E-state index < -0.39 is 0 Å². The lowest BCUT2D eigenvalue weighted by molar-refractivity contribution is 0.374. The molecule has 3 aromatic carbocycles. The summed E-state index contributed by atoms with van der Waals surface area (Å²) in [6.45, 7) is 0. The van der Waals surface area contributed by atoms with Gasteiger partial charge < -0.3 is 14.6 Å². The molecule has 134 valence electrons. The van der Waals surface area contributed by atoms with Crippen LogP contribution in [0.2, 0.25) is 0 Å². The maximum Gasteiger partial charge on any atom is 0.230 e. The van der Waals surface area contributed by atoms with Gasteiger partial charge in [-0.25, -0.2) is 4.98 Å². The number of fused-ring (bicyclic) bond motifs is 1. The van der Waals surface area contributed by atoms with E-state index >= 15 is 0 Å². The second kappa shape index (κ2) is 7.25. The maximum absolute atomic E-state index is 10.5. The van der Waals surface area contributed by atoms with Gasteiger partial charge in [0.05, 0.1) is 23.6 Å². The second-order valence-electron chi connectivity index (χ2n) is 5.79. The molecular formula is C21H15BrN2O3. The Morgan fingerprint density at radius 1 is 0.926 bits per heavy atom. The molecular weight excluding hydrogens is 408 g/mol. The quantitative estimate of drug-likeness (QED) is 0.465. The van der Waals surface area contributed by atoms with Gasteiger partial charge in [0.2, 0.25) is 5.88 Å². The van der Waals surface area contributed by atoms with Crippen LogP contribution >= 0.6 is 15.9 Å². The number of hydrogen-bond donors (Lipinski definition) is 1. The standard InChI is InChI=1S/C21H15BrN2O3/c1-26-18-11-5-9-16(19(18)25)20-23-17-10-3-2-8-15(17)21(24-20)27-14-7-4-6-13(22)12-14/h2-12,25H,1H3. The average molecular weight is 423 g/mol. The molecule has 0 amide bonds. The first kappa shape index (κ1) is 17.3. The van der Waals surface area contributed by atoms with Crippen LogP contribution in [0.15, 0.2) is 71.2 Å². The monoisotopic (exact) mass is 422 g/mol. The summed E-state index contributed by atoms with van der Waals surface area (Å²) in [5, 5.41) is 11.3. The van der Waals surface area contributed by atoms with Gasteiger partial charge in [-0.15, -0.1) is 0 Å². The predicted molar refractivity (Wildman–Crippen MR) is 107 cm³/mol. The van der Waals surface area contributed by atoms with Crippen LogP contribution in [-0.4, -0.2) is 22.2 Å². The molecule has 6 heteroatoms. The van der Waals surface area contributed by atoms with Crippen molar-refractivity contribution in [2.75, 3.05) is 7.11 Å². The number of para-hydroxylation sites is 2. The minimum atomic E-state index is -0.0105. The summed E-state index contributed by atoms with van der Waals surface area (Å²) in [6.07, 6.45) is 0. The molecule has 1 heterocycles. The lowest BCUT2D eigenvalue weighted by Gasteiger charge is -2.12. The summed E-state index contributed by atoms with van der Waals surface area (Å²) < 4.78 is 12.1. The zero-order valence-electron chi connectivity index (χ0n) is 14.4. The van der Waals surface area contributed by atoms with E-state index in [9.17, 15) is 5.11 Å². The van der Waals surface area contributed by atoms with Crippen molar-refractivity contribution >= 4 is 26.8 Å². The van der Waals surface area contributed by atoms with E-state index in [1.165, 1.54) is 7.11 Å².